The van der Waals surface area contributed by atoms with Crippen LogP contribution in [-0.2, 0) is 6.54 Å². The Hall–Kier alpha value is -1.42. The van der Waals surface area contributed by atoms with Gasteiger partial charge in [-0.1, -0.05) is 37.3 Å². The van der Waals surface area contributed by atoms with Gasteiger partial charge in [0, 0.05) is 12.5 Å². The van der Waals surface area contributed by atoms with Crippen LogP contribution in [0.4, 0.5) is 0 Å². The second-order valence-corrected chi connectivity index (χ2v) is 5.25. The Bertz CT molecular complexity index is 563. The molecular weight excluding hydrogens is 304 g/mol. The summed E-state index contributed by atoms with van der Waals surface area (Å²) >= 11 is 3.42. The standard InChI is InChI=1S/C15H17BrN2O/c1-3-12(11-8-6-5-7-9-11)15(19)14-13(16)10-17-18(14)4-2/h5-10,12H,3-4H2,1-2H3. The minimum absolute atomic E-state index is 0.112. The lowest BCUT2D eigenvalue weighted by Gasteiger charge is -2.15. The molecule has 1 aromatic carbocycles. The lowest BCUT2D eigenvalue weighted by atomic mass is 9.90. The smallest absolute Gasteiger partial charge is 0.189 e. The van der Waals surface area contributed by atoms with Gasteiger partial charge in [-0.25, -0.2) is 0 Å². The molecule has 0 N–H and O–H groups in total. The Kier molecular flexibility index (Phi) is 4.53. The highest BCUT2D eigenvalue weighted by Gasteiger charge is 2.25. The highest BCUT2D eigenvalue weighted by molar-refractivity contribution is 9.10. The van der Waals surface area contributed by atoms with E-state index < -0.39 is 0 Å². The maximum Gasteiger partial charge on any atom is 0.189 e. The van der Waals surface area contributed by atoms with Crippen molar-refractivity contribution in [2.45, 2.75) is 32.7 Å². The predicted molar refractivity (Wildman–Crippen MR) is 79.4 cm³/mol. The number of Topliss-reactive ketones (excluding diaryl/α,β-unsaturated/α-hetero) is 1. The number of rotatable bonds is 5. The van der Waals surface area contributed by atoms with E-state index in [0.29, 0.717) is 12.2 Å². The van der Waals surface area contributed by atoms with Crippen molar-refractivity contribution in [3.05, 3.63) is 52.3 Å². The van der Waals surface area contributed by atoms with Gasteiger partial charge in [0.05, 0.1) is 10.7 Å². The first-order chi connectivity index (χ1) is 9.19. The van der Waals surface area contributed by atoms with Crippen LogP contribution in [0.1, 0.15) is 42.2 Å². The molecule has 0 aliphatic carbocycles. The van der Waals surface area contributed by atoms with Crippen LogP contribution in [0.5, 0.6) is 0 Å². The van der Waals surface area contributed by atoms with Crippen molar-refractivity contribution in [1.29, 1.82) is 0 Å². The quantitative estimate of drug-likeness (QED) is 0.779. The van der Waals surface area contributed by atoms with Gasteiger partial charge >= 0.3 is 0 Å². The predicted octanol–water partition coefficient (Wildman–Crippen LogP) is 4.04. The molecule has 0 spiro atoms. The molecule has 2 rings (SSSR count). The Labute approximate surface area is 121 Å². The first-order valence-corrected chi connectivity index (χ1v) is 7.28. The van der Waals surface area contributed by atoms with Crippen molar-refractivity contribution in [3.8, 4) is 0 Å². The molecule has 1 aromatic heterocycles. The fourth-order valence-electron chi connectivity index (χ4n) is 2.27. The van der Waals surface area contributed by atoms with Gasteiger partial charge in [-0.15, -0.1) is 0 Å². The molecule has 3 nitrogen and oxygen atoms in total. The van der Waals surface area contributed by atoms with Crippen LogP contribution >= 0.6 is 15.9 Å². The molecule has 0 amide bonds. The summed E-state index contributed by atoms with van der Waals surface area (Å²) in [6, 6.07) is 9.92. The van der Waals surface area contributed by atoms with E-state index in [0.717, 1.165) is 16.5 Å². The molecule has 1 unspecified atom stereocenters. The number of hydrogen-bond donors (Lipinski definition) is 0. The van der Waals surface area contributed by atoms with E-state index in [9.17, 15) is 4.79 Å². The van der Waals surface area contributed by atoms with Crippen molar-refractivity contribution >= 4 is 21.7 Å². The van der Waals surface area contributed by atoms with Gasteiger partial charge in [-0.2, -0.15) is 5.10 Å². The SMILES string of the molecule is CCC(C(=O)c1c(Br)cnn1CC)c1ccccc1. The normalized spacial score (nSPS) is 12.4. The van der Waals surface area contributed by atoms with Crippen LogP contribution in [0.3, 0.4) is 0 Å². The molecule has 100 valence electrons. The Morgan fingerprint density at radius 2 is 2.00 bits per heavy atom. The summed E-state index contributed by atoms with van der Waals surface area (Å²) in [5.74, 6) is 0.0134. The summed E-state index contributed by atoms with van der Waals surface area (Å²) < 4.78 is 2.52. The molecule has 0 aliphatic heterocycles. The van der Waals surface area contributed by atoms with Gasteiger partial charge in [0.1, 0.15) is 5.69 Å². The van der Waals surface area contributed by atoms with Crippen LogP contribution in [-0.4, -0.2) is 15.6 Å². The number of nitrogens with zero attached hydrogens (tertiary/aromatic N) is 2. The van der Waals surface area contributed by atoms with E-state index in [1.165, 1.54) is 0 Å². The van der Waals surface area contributed by atoms with E-state index in [4.69, 9.17) is 0 Å². The third-order valence-corrected chi connectivity index (χ3v) is 3.83. The molecular formula is C15H17BrN2O. The largest absolute Gasteiger partial charge is 0.292 e. The molecule has 0 aliphatic rings. The number of ketones is 1. The van der Waals surface area contributed by atoms with E-state index in [1.807, 2.05) is 44.2 Å². The number of hydrogen-bond acceptors (Lipinski definition) is 2. The van der Waals surface area contributed by atoms with Crippen molar-refractivity contribution in [3.63, 3.8) is 0 Å². The number of benzene rings is 1. The van der Waals surface area contributed by atoms with Gasteiger partial charge in [0.25, 0.3) is 0 Å². The Morgan fingerprint density at radius 3 is 2.58 bits per heavy atom. The molecule has 19 heavy (non-hydrogen) atoms. The average molecular weight is 321 g/mol. The summed E-state index contributed by atoms with van der Waals surface area (Å²) in [6.07, 6.45) is 2.47. The first-order valence-electron chi connectivity index (χ1n) is 6.49. The minimum atomic E-state index is -0.112. The van der Waals surface area contributed by atoms with E-state index in [2.05, 4.69) is 21.0 Å². The average Bonchev–Trinajstić information content (AvgIpc) is 2.81. The molecule has 0 radical (unpaired) electrons. The lowest BCUT2D eigenvalue weighted by molar-refractivity contribution is 0.0946. The zero-order valence-corrected chi connectivity index (χ0v) is 12.7. The van der Waals surface area contributed by atoms with Gasteiger partial charge in [-0.3, -0.25) is 9.48 Å². The second-order valence-electron chi connectivity index (χ2n) is 4.39. The molecule has 0 saturated carbocycles. The molecule has 0 saturated heterocycles. The number of halogens is 1. The fraction of sp³-hybridized carbons (Fsp3) is 0.333. The van der Waals surface area contributed by atoms with Gasteiger partial charge in [-0.05, 0) is 34.8 Å². The summed E-state index contributed by atoms with van der Waals surface area (Å²) in [4.78, 5) is 12.7. The van der Waals surface area contributed by atoms with Crippen LogP contribution in [0.2, 0.25) is 0 Å². The van der Waals surface area contributed by atoms with Crippen molar-refractivity contribution < 1.29 is 4.79 Å². The van der Waals surface area contributed by atoms with E-state index >= 15 is 0 Å². The number of carbonyl (C=O) groups is 1. The third kappa shape index (κ3) is 2.78. The Morgan fingerprint density at radius 1 is 1.32 bits per heavy atom. The van der Waals surface area contributed by atoms with E-state index in [1.54, 1.807) is 10.9 Å². The summed E-state index contributed by atoms with van der Waals surface area (Å²) in [5.41, 5.74) is 1.73. The Balaban J connectivity index is 2.39. The summed E-state index contributed by atoms with van der Waals surface area (Å²) in [7, 11) is 0. The van der Waals surface area contributed by atoms with Gasteiger partial charge in [0.2, 0.25) is 0 Å². The highest BCUT2D eigenvalue weighted by atomic mass is 79.9. The molecule has 0 fully saturated rings. The first kappa shape index (κ1) is 14.0. The lowest BCUT2D eigenvalue weighted by Crippen LogP contribution is -2.17. The van der Waals surface area contributed by atoms with Crippen molar-refractivity contribution in [1.82, 2.24) is 9.78 Å². The van der Waals surface area contributed by atoms with Gasteiger partial charge < -0.3 is 0 Å². The zero-order chi connectivity index (χ0) is 13.8. The summed E-state index contributed by atoms with van der Waals surface area (Å²) in [5, 5.41) is 4.21. The van der Waals surface area contributed by atoms with Crippen LogP contribution in [0.15, 0.2) is 41.0 Å². The number of aromatic nitrogens is 2. The molecule has 1 heterocycles. The maximum absolute atomic E-state index is 12.7. The zero-order valence-electron chi connectivity index (χ0n) is 11.1. The topological polar surface area (TPSA) is 34.9 Å². The van der Waals surface area contributed by atoms with Crippen molar-refractivity contribution in [2.24, 2.45) is 0 Å². The third-order valence-electron chi connectivity index (χ3n) is 3.25. The highest BCUT2D eigenvalue weighted by Crippen LogP contribution is 2.27. The minimum Gasteiger partial charge on any atom is -0.292 e. The van der Waals surface area contributed by atoms with Gasteiger partial charge in [0.15, 0.2) is 5.78 Å². The molecule has 1 atom stereocenters. The molecule has 4 heteroatoms. The fourth-order valence-corrected chi connectivity index (χ4v) is 2.76. The van der Waals surface area contributed by atoms with Crippen molar-refractivity contribution in [2.75, 3.05) is 0 Å². The maximum atomic E-state index is 12.7. The van der Waals surface area contributed by atoms with Crippen LogP contribution < -0.4 is 0 Å². The van der Waals surface area contributed by atoms with Crippen LogP contribution in [0.25, 0.3) is 0 Å². The monoisotopic (exact) mass is 320 g/mol. The van der Waals surface area contributed by atoms with Crippen LogP contribution in [0, 0.1) is 0 Å². The summed E-state index contributed by atoms with van der Waals surface area (Å²) in [6.45, 7) is 4.72. The molecule has 2 aromatic rings. The number of carbonyl (C=O) groups excluding carboxylic acids is 1. The molecule has 0 bridgehead atoms. The van der Waals surface area contributed by atoms with E-state index in [-0.39, 0.29) is 11.7 Å². The second kappa shape index (κ2) is 6.15. The number of aryl methyl sites for hydroxylation is 1.